The summed E-state index contributed by atoms with van der Waals surface area (Å²) >= 11 is 0. The lowest BCUT2D eigenvalue weighted by molar-refractivity contribution is -0.0494. The number of benzene rings is 2. The molecule has 3 aromatic rings. The standard InChI is InChI=1S/C19H15F2NO5/c1-25-10-7-14-17(16(8-10)26-2)12(18(23)24)9-13(22-14)11-5-3-4-6-15(11)27-19(20)21/h3-9,19H,1-2H3,(H,23,24). The quantitative estimate of drug-likeness (QED) is 0.695. The Kier molecular flexibility index (Phi) is 5.07. The van der Waals surface area contributed by atoms with Crippen molar-refractivity contribution in [3.63, 3.8) is 0 Å². The van der Waals surface area contributed by atoms with E-state index in [-0.39, 0.29) is 39.2 Å². The number of hydrogen-bond donors (Lipinski definition) is 1. The number of aromatic carboxylic acids is 1. The number of para-hydroxylation sites is 1. The van der Waals surface area contributed by atoms with Crippen LogP contribution in [0.2, 0.25) is 0 Å². The van der Waals surface area contributed by atoms with E-state index in [2.05, 4.69) is 9.72 Å². The molecule has 0 aliphatic rings. The number of carbonyl (C=O) groups is 1. The largest absolute Gasteiger partial charge is 0.497 e. The Hall–Kier alpha value is -3.42. The van der Waals surface area contributed by atoms with Gasteiger partial charge in [-0.25, -0.2) is 9.78 Å². The summed E-state index contributed by atoms with van der Waals surface area (Å²) in [7, 11) is 2.86. The fraction of sp³-hybridized carbons (Fsp3) is 0.158. The first-order chi connectivity index (χ1) is 12.9. The molecule has 2 aromatic carbocycles. The Morgan fingerprint density at radius 2 is 1.81 bits per heavy atom. The molecule has 27 heavy (non-hydrogen) atoms. The molecular weight excluding hydrogens is 360 g/mol. The summed E-state index contributed by atoms with van der Waals surface area (Å²) in [5.74, 6) is -0.625. The van der Waals surface area contributed by atoms with Gasteiger partial charge in [-0.05, 0) is 18.2 Å². The van der Waals surface area contributed by atoms with Crippen LogP contribution in [-0.4, -0.2) is 36.9 Å². The Balaban J connectivity index is 2.32. The van der Waals surface area contributed by atoms with Crippen molar-refractivity contribution in [3.8, 4) is 28.5 Å². The van der Waals surface area contributed by atoms with Crippen molar-refractivity contribution >= 4 is 16.9 Å². The van der Waals surface area contributed by atoms with E-state index >= 15 is 0 Å². The highest BCUT2D eigenvalue weighted by Crippen LogP contribution is 2.37. The van der Waals surface area contributed by atoms with Gasteiger partial charge in [-0.1, -0.05) is 12.1 Å². The van der Waals surface area contributed by atoms with Crippen molar-refractivity contribution in [1.82, 2.24) is 4.98 Å². The molecule has 0 bridgehead atoms. The highest BCUT2D eigenvalue weighted by Gasteiger charge is 2.20. The van der Waals surface area contributed by atoms with Gasteiger partial charge in [0.1, 0.15) is 17.2 Å². The number of alkyl halides is 2. The molecule has 0 aliphatic carbocycles. The van der Waals surface area contributed by atoms with Crippen LogP contribution >= 0.6 is 0 Å². The van der Waals surface area contributed by atoms with Gasteiger partial charge in [0, 0.05) is 17.7 Å². The average Bonchev–Trinajstić information content (AvgIpc) is 2.65. The molecule has 0 saturated heterocycles. The Morgan fingerprint density at radius 3 is 2.44 bits per heavy atom. The number of ether oxygens (including phenoxy) is 3. The van der Waals surface area contributed by atoms with E-state index in [9.17, 15) is 18.7 Å². The molecule has 6 nitrogen and oxygen atoms in total. The van der Waals surface area contributed by atoms with Gasteiger partial charge in [0.25, 0.3) is 0 Å². The number of carboxylic acid groups (broad SMARTS) is 1. The van der Waals surface area contributed by atoms with Gasteiger partial charge in [-0.2, -0.15) is 8.78 Å². The van der Waals surface area contributed by atoms with Gasteiger partial charge in [0.2, 0.25) is 0 Å². The number of carboxylic acids is 1. The van der Waals surface area contributed by atoms with Crippen LogP contribution in [0.3, 0.4) is 0 Å². The van der Waals surface area contributed by atoms with E-state index in [1.54, 1.807) is 18.2 Å². The van der Waals surface area contributed by atoms with Crippen molar-refractivity contribution in [2.24, 2.45) is 0 Å². The first-order valence-corrected chi connectivity index (χ1v) is 7.79. The number of aromatic nitrogens is 1. The molecule has 0 fully saturated rings. The van der Waals surface area contributed by atoms with E-state index in [4.69, 9.17) is 9.47 Å². The molecule has 1 aromatic heterocycles. The SMILES string of the molecule is COc1cc(OC)c2c(C(=O)O)cc(-c3ccccc3OC(F)F)nc2c1. The lowest BCUT2D eigenvalue weighted by atomic mass is 10.0. The molecule has 0 unspecified atom stereocenters. The van der Waals surface area contributed by atoms with E-state index in [1.807, 2.05) is 0 Å². The predicted molar refractivity (Wildman–Crippen MR) is 93.9 cm³/mol. The van der Waals surface area contributed by atoms with Gasteiger partial charge < -0.3 is 19.3 Å². The van der Waals surface area contributed by atoms with Crippen LogP contribution in [-0.2, 0) is 0 Å². The van der Waals surface area contributed by atoms with Crippen molar-refractivity contribution in [2.75, 3.05) is 14.2 Å². The molecule has 0 spiro atoms. The van der Waals surface area contributed by atoms with Gasteiger partial charge in [0.05, 0.1) is 36.4 Å². The summed E-state index contributed by atoms with van der Waals surface area (Å²) in [4.78, 5) is 16.2. The summed E-state index contributed by atoms with van der Waals surface area (Å²) in [6.45, 7) is -3.02. The van der Waals surface area contributed by atoms with Crippen LogP contribution in [0.1, 0.15) is 10.4 Å². The second-order valence-electron chi connectivity index (χ2n) is 5.46. The second-order valence-corrected chi connectivity index (χ2v) is 5.46. The summed E-state index contributed by atoms with van der Waals surface area (Å²) in [6.07, 6.45) is 0. The molecule has 3 rings (SSSR count). The fourth-order valence-electron chi connectivity index (χ4n) is 2.77. The summed E-state index contributed by atoms with van der Waals surface area (Å²) in [5.41, 5.74) is 0.616. The maximum Gasteiger partial charge on any atom is 0.387 e. The van der Waals surface area contributed by atoms with Crippen LogP contribution in [0.4, 0.5) is 8.78 Å². The summed E-state index contributed by atoms with van der Waals surface area (Å²) in [5, 5.41) is 9.93. The number of halogens is 2. The number of fused-ring (bicyclic) bond motifs is 1. The van der Waals surface area contributed by atoms with E-state index in [1.165, 1.54) is 38.5 Å². The highest BCUT2D eigenvalue weighted by molar-refractivity contribution is 6.07. The number of hydrogen-bond acceptors (Lipinski definition) is 5. The van der Waals surface area contributed by atoms with Crippen LogP contribution in [0.15, 0.2) is 42.5 Å². The van der Waals surface area contributed by atoms with Crippen molar-refractivity contribution < 1.29 is 32.9 Å². The lowest BCUT2D eigenvalue weighted by Crippen LogP contribution is -2.05. The van der Waals surface area contributed by atoms with Gasteiger partial charge in [-0.15, -0.1) is 0 Å². The fourth-order valence-corrected chi connectivity index (χ4v) is 2.77. The molecule has 0 saturated carbocycles. The Bertz CT molecular complexity index is 1010. The topological polar surface area (TPSA) is 77.9 Å². The van der Waals surface area contributed by atoms with Crippen molar-refractivity contribution in [2.45, 2.75) is 6.61 Å². The maximum absolute atomic E-state index is 12.7. The zero-order chi connectivity index (χ0) is 19.6. The number of nitrogens with zero attached hydrogens (tertiary/aromatic N) is 1. The third kappa shape index (κ3) is 3.59. The molecule has 8 heteroatoms. The van der Waals surface area contributed by atoms with E-state index in [0.717, 1.165) is 0 Å². The molecule has 140 valence electrons. The lowest BCUT2D eigenvalue weighted by Gasteiger charge is -2.14. The Labute approximate surface area is 152 Å². The average molecular weight is 375 g/mol. The predicted octanol–water partition coefficient (Wildman–Crippen LogP) is 4.22. The first kappa shape index (κ1) is 18.4. The molecule has 1 N–H and O–H groups in total. The van der Waals surface area contributed by atoms with Crippen LogP contribution in [0.5, 0.6) is 17.2 Å². The molecule has 1 heterocycles. The number of pyridine rings is 1. The minimum atomic E-state index is -3.02. The van der Waals surface area contributed by atoms with E-state index in [0.29, 0.717) is 5.75 Å². The molecule has 0 amide bonds. The minimum absolute atomic E-state index is 0.0821. The third-order valence-electron chi connectivity index (χ3n) is 3.91. The zero-order valence-electron chi connectivity index (χ0n) is 14.4. The first-order valence-electron chi connectivity index (χ1n) is 7.79. The second kappa shape index (κ2) is 7.45. The zero-order valence-corrected chi connectivity index (χ0v) is 14.4. The van der Waals surface area contributed by atoms with Crippen molar-refractivity contribution in [1.29, 1.82) is 0 Å². The van der Waals surface area contributed by atoms with Crippen LogP contribution in [0.25, 0.3) is 22.2 Å². The maximum atomic E-state index is 12.7. The number of methoxy groups -OCH3 is 2. The molecular formula is C19H15F2NO5. The Morgan fingerprint density at radius 1 is 1.07 bits per heavy atom. The van der Waals surface area contributed by atoms with E-state index < -0.39 is 12.6 Å². The summed E-state index contributed by atoms with van der Waals surface area (Å²) in [6, 6.07) is 10.4. The van der Waals surface area contributed by atoms with Crippen LogP contribution < -0.4 is 14.2 Å². The molecule has 0 aliphatic heterocycles. The normalized spacial score (nSPS) is 10.9. The minimum Gasteiger partial charge on any atom is -0.497 e. The van der Waals surface area contributed by atoms with Gasteiger partial charge >= 0.3 is 12.6 Å². The number of rotatable bonds is 6. The monoisotopic (exact) mass is 375 g/mol. The van der Waals surface area contributed by atoms with Crippen LogP contribution in [0, 0.1) is 0 Å². The van der Waals surface area contributed by atoms with Crippen molar-refractivity contribution in [3.05, 3.63) is 48.0 Å². The van der Waals surface area contributed by atoms with Gasteiger partial charge in [0.15, 0.2) is 0 Å². The molecule has 0 radical (unpaired) electrons. The van der Waals surface area contributed by atoms with Gasteiger partial charge in [-0.3, -0.25) is 0 Å². The third-order valence-corrected chi connectivity index (χ3v) is 3.91. The summed E-state index contributed by atoms with van der Waals surface area (Å²) < 4.78 is 40.4. The smallest absolute Gasteiger partial charge is 0.387 e. The molecule has 0 atom stereocenters. The highest BCUT2D eigenvalue weighted by atomic mass is 19.3.